The molecule has 0 saturated heterocycles. The number of aromatic hydroxyl groups is 1. The van der Waals surface area contributed by atoms with Crippen molar-refractivity contribution in [1.29, 1.82) is 0 Å². The first-order chi connectivity index (χ1) is 4.22. The molecule has 4 heteroatoms. The molecule has 0 spiro atoms. The Hall–Kier alpha value is -0.861. The number of hydrogen-bond donors (Lipinski definition) is 1. The van der Waals surface area contributed by atoms with Crippen molar-refractivity contribution in [3.8, 4) is 5.75 Å². The summed E-state index contributed by atoms with van der Waals surface area (Å²) in [6.07, 6.45) is 0. The third-order valence-corrected chi connectivity index (χ3v) is 1.04. The Kier molecular flexibility index (Phi) is 3.06. The molecule has 0 aliphatic rings. The van der Waals surface area contributed by atoms with Crippen molar-refractivity contribution >= 4 is 11.4 Å². The number of nitrogens with one attached hydrogen (secondary N) is 2. The van der Waals surface area contributed by atoms with Crippen LogP contribution in [0.25, 0.3) is 11.5 Å². The largest absolute Gasteiger partial charge is 2.00 e. The molecule has 0 unspecified atom stereocenters. The van der Waals surface area contributed by atoms with Gasteiger partial charge in [-0.3, -0.25) is 0 Å². The zero-order chi connectivity index (χ0) is 6.85. The number of benzene rings is 1. The van der Waals surface area contributed by atoms with Gasteiger partial charge in [-0.15, -0.1) is 5.69 Å². The minimum atomic E-state index is -0.137. The van der Waals surface area contributed by atoms with Gasteiger partial charge in [0.05, 0.1) is 5.75 Å². The van der Waals surface area contributed by atoms with Gasteiger partial charge >= 0.3 is 17.1 Å². The fourth-order valence-corrected chi connectivity index (χ4v) is 0.540. The van der Waals surface area contributed by atoms with E-state index in [1.54, 1.807) is 0 Å². The van der Waals surface area contributed by atoms with E-state index in [1.165, 1.54) is 18.2 Å². The molecule has 57 valence electrons. The van der Waals surface area contributed by atoms with Gasteiger partial charge < -0.3 is 16.6 Å². The van der Waals surface area contributed by atoms with Crippen LogP contribution >= 0.6 is 0 Å². The number of hydrogen-bond acceptors (Lipinski definition) is 1. The molecule has 1 aromatic rings. The Morgan fingerprint density at radius 1 is 1.20 bits per heavy atom. The van der Waals surface area contributed by atoms with Crippen LogP contribution in [0, 0.1) is 0 Å². The Balaban J connectivity index is 0.000000810. The summed E-state index contributed by atoms with van der Waals surface area (Å²) in [6, 6.07) is 4.39. The summed E-state index contributed by atoms with van der Waals surface area (Å²) < 4.78 is 0. The van der Waals surface area contributed by atoms with Crippen LogP contribution in [0.1, 0.15) is 0 Å². The zero-order valence-corrected chi connectivity index (χ0v) is 5.92. The molecule has 0 aromatic heterocycles. The van der Waals surface area contributed by atoms with Crippen molar-refractivity contribution in [1.82, 2.24) is 0 Å². The summed E-state index contributed by atoms with van der Waals surface area (Å²) in [5.41, 5.74) is 14.0. The summed E-state index contributed by atoms with van der Waals surface area (Å²) >= 11 is 0. The molecule has 1 radical (unpaired) electrons. The molecule has 0 aliphatic heterocycles. The standard InChI is InChI=1S/C6H6N2O.Cu/c7-4-2-1-3-5(9)6(4)8;/h1-3,7-9H;/q-2;+2. The maximum Gasteiger partial charge on any atom is 2.00 e. The van der Waals surface area contributed by atoms with Gasteiger partial charge in [0.2, 0.25) is 0 Å². The molecular formula is C6H6CuN2O. The van der Waals surface area contributed by atoms with Crippen molar-refractivity contribution in [3.63, 3.8) is 0 Å². The average Bonchev–Trinajstić information content (AvgIpc) is 1.83. The minimum absolute atomic E-state index is 0. The van der Waals surface area contributed by atoms with E-state index in [1.807, 2.05) is 0 Å². The first-order valence-electron chi connectivity index (χ1n) is 2.47. The maximum atomic E-state index is 8.79. The van der Waals surface area contributed by atoms with Gasteiger partial charge in [-0.2, -0.15) is 5.69 Å². The molecule has 0 fully saturated rings. The monoisotopic (exact) mass is 185 g/mol. The average molecular weight is 186 g/mol. The Morgan fingerprint density at radius 2 is 1.80 bits per heavy atom. The van der Waals surface area contributed by atoms with E-state index in [0.717, 1.165) is 0 Å². The Labute approximate surface area is 69.5 Å². The van der Waals surface area contributed by atoms with Crippen LogP contribution in [0.15, 0.2) is 18.2 Å². The first-order valence-corrected chi connectivity index (χ1v) is 2.47. The fraction of sp³-hybridized carbons (Fsp3) is 0. The van der Waals surface area contributed by atoms with Gasteiger partial charge in [-0.25, -0.2) is 0 Å². The summed E-state index contributed by atoms with van der Waals surface area (Å²) in [4.78, 5) is 0. The predicted molar refractivity (Wildman–Crippen MR) is 36.1 cm³/mol. The second kappa shape index (κ2) is 3.34. The fourth-order valence-electron chi connectivity index (χ4n) is 0.540. The second-order valence-electron chi connectivity index (χ2n) is 1.70. The Bertz CT molecular complexity index is 207. The second-order valence-corrected chi connectivity index (χ2v) is 1.70. The summed E-state index contributed by atoms with van der Waals surface area (Å²) in [5, 5.41) is 8.79. The zero-order valence-electron chi connectivity index (χ0n) is 4.98. The van der Waals surface area contributed by atoms with Crippen molar-refractivity contribution in [2.75, 3.05) is 0 Å². The van der Waals surface area contributed by atoms with E-state index < -0.39 is 0 Å². The van der Waals surface area contributed by atoms with Crippen molar-refractivity contribution < 1.29 is 22.2 Å². The quantitative estimate of drug-likeness (QED) is 0.490. The molecular weight excluding hydrogens is 180 g/mol. The van der Waals surface area contributed by atoms with Crippen LogP contribution < -0.4 is 0 Å². The van der Waals surface area contributed by atoms with E-state index in [0.29, 0.717) is 0 Å². The number of phenolic OH excluding ortho intramolecular Hbond substituents is 1. The van der Waals surface area contributed by atoms with Crippen LogP contribution in [0.3, 0.4) is 0 Å². The van der Waals surface area contributed by atoms with Gasteiger partial charge in [-0.1, -0.05) is 12.1 Å². The number of phenols is 1. The molecule has 0 saturated carbocycles. The molecule has 0 amide bonds. The molecule has 3 N–H and O–H groups in total. The molecule has 3 nitrogen and oxygen atoms in total. The molecule has 0 aliphatic carbocycles. The minimum Gasteiger partial charge on any atom is -0.700 e. The van der Waals surface area contributed by atoms with Gasteiger partial charge in [-0.05, 0) is 6.07 Å². The SMILES string of the molecule is [Cu+2].[NH-]c1cccc(O)c1[NH-]. The summed E-state index contributed by atoms with van der Waals surface area (Å²) in [6.45, 7) is 0. The predicted octanol–water partition coefficient (Wildman–Crippen LogP) is 2.76. The van der Waals surface area contributed by atoms with E-state index in [4.69, 9.17) is 16.6 Å². The number of rotatable bonds is 0. The third-order valence-electron chi connectivity index (χ3n) is 1.04. The van der Waals surface area contributed by atoms with Gasteiger partial charge in [0.25, 0.3) is 0 Å². The van der Waals surface area contributed by atoms with Gasteiger partial charge in [0, 0.05) is 0 Å². The van der Waals surface area contributed by atoms with Crippen LogP contribution in [0.5, 0.6) is 5.75 Å². The first kappa shape index (κ1) is 9.14. The maximum absolute atomic E-state index is 8.79. The molecule has 10 heavy (non-hydrogen) atoms. The molecule has 0 atom stereocenters. The van der Waals surface area contributed by atoms with E-state index in [2.05, 4.69) is 0 Å². The summed E-state index contributed by atoms with van der Waals surface area (Å²) in [7, 11) is 0. The van der Waals surface area contributed by atoms with Crippen LogP contribution in [-0.4, -0.2) is 5.11 Å². The van der Waals surface area contributed by atoms with Gasteiger partial charge in [0.1, 0.15) is 0 Å². The Morgan fingerprint density at radius 3 is 2.20 bits per heavy atom. The van der Waals surface area contributed by atoms with Gasteiger partial charge in [0.15, 0.2) is 0 Å². The van der Waals surface area contributed by atoms with Crippen molar-refractivity contribution in [2.24, 2.45) is 0 Å². The van der Waals surface area contributed by atoms with Crippen molar-refractivity contribution in [3.05, 3.63) is 29.7 Å². The van der Waals surface area contributed by atoms with Crippen LogP contribution in [0.2, 0.25) is 0 Å². The van der Waals surface area contributed by atoms with Crippen LogP contribution in [-0.2, 0) is 17.1 Å². The van der Waals surface area contributed by atoms with Crippen molar-refractivity contribution in [2.45, 2.75) is 0 Å². The van der Waals surface area contributed by atoms with E-state index in [9.17, 15) is 0 Å². The topological polar surface area (TPSA) is 67.8 Å². The normalized spacial score (nSPS) is 8.40. The van der Waals surface area contributed by atoms with E-state index in [-0.39, 0.29) is 34.2 Å². The molecule has 0 bridgehead atoms. The smallest absolute Gasteiger partial charge is 0.700 e. The molecule has 0 heterocycles. The summed E-state index contributed by atoms with van der Waals surface area (Å²) in [5.74, 6) is -0.137. The van der Waals surface area contributed by atoms with Crippen LogP contribution in [0.4, 0.5) is 11.4 Å². The molecule has 1 aromatic carbocycles. The molecule has 1 rings (SSSR count). The third kappa shape index (κ3) is 1.56. The van der Waals surface area contributed by atoms with E-state index >= 15 is 0 Å².